The van der Waals surface area contributed by atoms with Gasteiger partial charge in [0.15, 0.2) is 5.96 Å². The highest BCUT2D eigenvalue weighted by Crippen LogP contribution is 2.15. The number of aromatic nitrogens is 3. The van der Waals surface area contributed by atoms with Crippen LogP contribution in [0.3, 0.4) is 0 Å². The summed E-state index contributed by atoms with van der Waals surface area (Å²) in [4.78, 5) is 4.66. The molecule has 0 saturated carbocycles. The number of hydrogen-bond acceptors (Lipinski definition) is 4. The molecule has 2 N–H and O–H groups in total. The van der Waals surface area contributed by atoms with Gasteiger partial charge in [-0.15, -0.1) is 34.2 Å². The molecule has 2 rings (SSSR count). The normalized spacial score (nSPS) is 12.5. The maximum Gasteiger partial charge on any atom is 0.191 e. The molecule has 26 heavy (non-hydrogen) atoms. The Kier molecular flexibility index (Phi) is 10.3. The number of nitrogens with one attached hydrogen (secondary N) is 2. The lowest BCUT2D eigenvalue weighted by molar-refractivity contribution is 0.440. The summed E-state index contributed by atoms with van der Waals surface area (Å²) < 4.78 is 7.77. The molecule has 1 unspecified atom stereocenters. The smallest absolute Gasteiger partial charge is 0.191 e. The Morgan fingerprint density at radius 2 is 2.15 bits per heavy atom. The number of rotatable bonds is 9. The fourth-order valence-corrected chi connectivity index (χ4v) is 2.50. The minimum atomic E-state index is 0. The van der Waals surface area contributed by atoms with Crippen LogP contribution in [-0.2, 0) is 13.0 Å². The van der Waals surface area contributed by atoms with Crippen LogP contribution in [0.15, 0.2) is 27.9 Å². The standard InChI is InChI=1S/C18H30N6O.HI/c1-5-7-10-19-18(22-15(4)16-9-8-14(3)25-16)20-11-12-24-13-21-23-17(24)6-2;/h8-9,13,15H,5-7,10-12H2,1-4H3,(H2,19,20,22);1H. The third kappa shape index (κ3) is 6.97. The predicted molar refractivity (Wildman–Crippen MR) is 115 cm³/mol. The second-order valence-corrected chi connectivity index (χ2v) is 6.12. The van der Waals surface area contributed by atoms with Crippen molar-refractivity contribution in [3.05, 3.63) is 35.8 Å². The molecule has 0 aliphatic heterocycles. The lowest BCUT2D eigenvalue weighted by Crippen LogP contribution is -2.40. The van der Waals surface area contributed by atoms with Gasteiger partial charge < -0.3 is 19.6 Å². The Morgan fingerprint density at radius 1 is 1.35 bits per heavy atom. The van der Waals surface area contributed by atoms with E-state index in [0.29, 0.717) is 0 Å². The fraction of sp³-hybridized carbons (Fsp3) is 0.611. The monoisotopic (exact) mass is 474 g/mol. The van der Waals surface area contributed by atoms with E-state index in [1.54, 1.807) is 6.33 Å². The number of aliphatic imine (C=N–C) groups is 1. The summed E-state index contributed by atoms with van der Waals surface area (Å²) in [5.41, 5.74) is 0. The van der Waals surface area contributed by atoms with E-state index in [0.717, 1.165) is 62.2 Å². The van der Waals surface area contributed by atoms with Gasteiger partial charge >= 0.3 is 0 Å². The maximum atomic E-state index is 5.70. The molecule has 146 valence electrons. The van der Waals surface area contributed by atoms with E-state index in [-0.39, 0.29) is 30.0 Å². The largest absolute Gasteiger partial charge is 0.464 e. The average molecular weight is 474 g/mol. The second kappa shape index (κ2) is 11.9. The number of guanidine groups is 1. The van der Waals surface area contributed by atoms with Gasteiger partial charge in [-0.1, -0.05) is 20.3 Å². The van der Waals surface area contributed by atoms with Gasteiger partial charge in [-0.05, 0) is 32.4 Å². The topological polar surface area (TPSA) is 80.3 Å². The highest BCUT2D eigenvalue weighted by Gasteiger charge is 2.11. The first-order chi connectivity index (χ1) is 12.1. The quantitative estimate of drug-likeness (QED) is 0.252. The molecule has 0 aliphatic carbocycles. The molecule has 0 aliphatic rings. The highest BCUT2D eigenvalue weighted by molar-refractivity contribution is 14.0. The van der Waals surface area contributed by atoms with Crippen LogP contribution < -0.4 is 10.6 Å². The number of nitrogens with zero attached hydrogens (tertiary/aromatic N) is 4. The van der Waals surface area contributed by atoms with Crippen LogP contribution in [0, 0.1) is 6.92 Å². The number of furan rings is 1. The van der Waals surface area contributed by atoms with Gasteiger partial charge in [0.05, 0.1) is 6.04 Å². The number of hydrogen-bond donors (Lipinski definition) is 2. The summed E-state index contributed by atoms with van der Waals surface area (Å²) in [7, 11) is 0. The van der Waals surface area contributed by atoms with Crippen LogP contribution in [0.25, 0.3) is 0 Å². The van der Waals surface area contributed by atoms with Gasteiger partial charge in [0.25, 0.3) is 0 Å². The number of halogens is 1. The minimum Gasteiger partial charge on any atom is -0.464 e. The molecule has 7 nitrogen and oxygen atoms in total. The Labute approximate surface area is 173 Å². The molecule has 0 radical (unpaired) electrons. The molecule has 2 aromatic heterocycles. The van der Waals surface area contributed by atoms with Crippen molar-refractivity contribution in [1.29, 1.82) is 0 Å². The van der Waals surface area contributed by atoms with Crippen molar-refractivity contribution in [3.63, 3.8) is 0 Å². The first kappa shape index (κ1) is 22.5. The SMILES string of the molecule is CCCCN=C(NCCn1cnnc1CC)NC(C)c1ccc(C)o1.I. The summed E-state index contributed by atoms with van der Waals surface area (Å²) in [6, 6.07) is 4.04. The molecule has 0 bridgehead atoms. The summed E-state index contributed by atoms with van der Waals surface area (Å²) in [6.07, 6.45) is 4.86. The Morgan fingerprint density at radius 3 is 2.81 bits per heavy atom. The van der Waals surface area contributed by atoms with Crippen molar-refractivity contribution in [3.8, 4) is 0 Å². The zero-order valence-corrected chi connectivity index (χ0v) is 18.5. The van der Waals surface area contributed by atoms with E-state index in [9.17, 15) is 0 Å². The van der Waals surface area contributed by atoms with Crippen LogP contribution in [0.5, 0.6) is 0 Å². The van der Waals surface area contributed by atoms with E-state index < -0.39 is 0 Å². The van der Waals surface area contributed by atoms with Crippen molar-refractivity contribution >= 4 is 29.9 Å². The van der Waals surface area contributed by atoms with Gasteiger partial charge in [-0.25, -0.2) is 0 Å². The lowest BCUT2D eigenvalue weighted by atomic mass is 10.2. The van der Waals surface area contributed by atoms with Crippen LogP contribution in [-0.4, -0.2) is 33.8 Å². The molecule has 1 atom stereocenters. The Balaban J connectivity index is 0.00000338. The number of unbranched alkanes of at least 4 members (excludes halogenated alkanes) is 1. The summed E-state index contributed by atoms with van der Waals surface area (Å²) in [5, 5.41) is 14.9. The van der Waals surface area contributed by atoms with Crippen molar-refractivity contribution in [2.45, 2.75) is 59.5 Å². The van der Waals surface area contributed by atoms with E-state index in [1.165, 1.54) is 0 Å². The fourth-order valence-electron chi connectivity index (χ4n) is 2.50. The molecule has 0 fully saturated rings. The van der Waals surface area contributed by atoms with Crippen molar-refractivity contribution < 1.29 is 4.42 Å². The molecule has 0 amide bonds. The lowest BCUT2D eigenvalue weighted by Gasteiger charge is -2.17. The number of aryl methyl sites for hydroxylation is 2. The molecule has 0 aromatic carbocycles. The molecule has 8 heteroatoms. The van der Waals surface area contributed by atoms with Crippen LogP contribution in [0.1, 0.15) is 57.0 Å². The first-order valence-corrected chi connectivity index (χ1v) is 9.11. The van der Waals surface area contributed by atoms with E-state index in [2.05, 4.69) is 51.2 Å². The molecule has 2 aromatic rings. The van der Waals surface area contributed by atoms with Crippen molar-refractivity contribution in [2.24, 2.45) is 4.99 Å². The van der Waals surface area contributed by atoms with Crippen LogP contribution in [0.4, 0.5) is 0 Å². The zero-order valence-electron chi connectivity index (χ0n) is 16.2. The average Bonchev–Trinajstić information content (AvgIpc) is 3.23. The van der Waals surface area contributed by atoms with Gasteiger partial charge in [0.1, 0.15) is 23.7 Å². The molecule has 0 spiro atoms. The Bertz CT molecular complexity index is 666. The van der Waals surface area contributed by atoms with Gasteiger partial charge in [0, 0.05) is 26.1 Å². The minimum absolute atomic E-state index is 0. The van der Waals surface area contributed by atoms with Gasteiger partial charge in [-0.2, -0.15) is 0 Å². The van der Waals surface area contributed by atoms with Crippen molar-refractivity contribution in [1.82, 2.24) is 25.4 Å². The molecule has 0 saturated heterocycles. The first-order valence-electron chi connectivity index (χ1n) is 9.11. The summed E-state index contributed by atoms with van der Waals surface area (Å²) in [5.74, 6) is 3.63. The predicted octanol–water partition coefficient (Wildman–Crippen LogP) is 3.46. The summed E-state index contributed by atoms with van der Waals surface area (Å²) in [6.45, 7) is 10.6. The van der Waals surface area contributed by atoms with E-state index in [4.69, 9.17) is 4.42 Å². The van der Waals surface area contributed by atoms with Gasteiger partial charge in [0.2, 0.25) is 0 Å². The van der Waals surface area contributed by atoms with E-state index in [1.807, 2.05) is 19.1 Å². The maximum absolute atomic E-state index is 5.70. The summed E-state index contributed by atoms with van der Waals surface area (Å²) >= 11 is 0. The third-order valence-electron chi connectivity index (χ3n) is 3.98. The molecule has 2 heterocycles. The zero-order chi connectivity index (χ0) is 18.1. The highest BCUT2D eigenvalue weighted by atomic mass is 127. The van der Waals surface area contributed by atoms with Crippen LogP contribution in [0.2, 0.25) is 0 Å². The Hall–Kier alpha value is -1.58. The second-order valence-electron chi connectivity index (χ2n) is 6.12. The van der Waals surface area contributed by atoms with Crippen molar-refractivity contribution in [2.75, 3.05) is 13.1 Å². The van der Waals surface area contributed by atoms with Gasteiger partial charge in [-0.3, -0.25) is 4.99 Å². The molecular formula is C18H31IN6O. The van der Waals surface area contributed by atoms with Crippen LogP contribution >= 0.6 is 24.0 Å². The van der Waals surface area contributed by atoms with E-state index >= 15 is 0 Å². The third-order valence-corrected chi connectivity index (χ3v) is 3.98. The molecular weight excluding hydrogens is 443 g/mol.